The average molecular weight is 409 g/mol. The van der Waals surface area contributed by atoms with Crippen LogP contribution in [0.15, 0.2) is 59.5 Å². The van der Waals surface area contributed by atoms with Crippen LogP contribution >= 0.6 is 12.8 Å². The van der Waals surface area contributed by atoms with Crippen LogP contribution in [-0.4, -0.2) is 35.9 Å². The van der Waals surface area contributed by atoms with E-state index in [0.717, 1.165) is 9.87 Å². The van der Waals surface area contributed by atoms with Crippen LogP contribution in [0.4, 0.5) is 4.79 Å². The van der Waals surface area contributed by atoms with Gasteiger partial charge in [0.05, 0.1) is 11.4 Å². The van der Waals surface area contributed by atoms with Crippen molar-refractivity contribution in [1.82, 2.24) is 9.62 Å². The molecule has 4 N–H and O–H groups in total. The van der Waals surface area contributed by atoms with Crippen LogP contribution in [0.3, 0.4) is 0 Å². The summed E-state index contributed by atoms with van der Waals surface area (Å²) in [5.74, 6) is -1.16. The molecule has 1 atom stereocenters. The van der Waals surface area contributed by atoms with E-state index in [1.165, 1.54) is 24.3 Å². The Morgan fingerprint density at radius 1 is 1.07 bits per heavy atom. The number of nitrogens with zero attached hydrogens (tertiary/aromatic N) is 1. The maximum absolute atomic E-state index is 12.2. The van der Waals surface area contributed by atoms with Gasteiger partial charge in [-0.1, -0.05) is 55.3 Å². The number of carboxylic acids is 1. The van der Waals surface area contributed by atoms with Crippen LogP contribution in [0.25, 0.3) is 0 Å². The highest BCUT2D eigenvalue weighted by Crippen LogP contribution is 2.12. The molecular formula is C17H19N3O5S2. The van der Waals surface area contributed by atoms with Crippen molar-refractivity contribution in [3.8, 4) is 0 Å². The Morgan fingerprint density at radius 3 is 2.19 bits per heavy atom. The summed E-state index contributed by atoms with van der Waals surface area (Å²) < 4.78 is 23.5. The van der Waals surface area contributed by atoms with E-state index in [-0.39, 0.29) is 17.9 Å². The Labute approximate surface area is 162 Å². The molecule has 27 heavy (non-hydrogen) atoms. The van der Waals surface area contributed by atoms with Crippen molar-refractivity contribution in [3.05, 3.63) is 65.7 Å². The molecule has 10 heteroatoms. The molecule has 0 aliphatic rings. The number of primary sulfonamides is 1. The van der Waals surface area contributed by atoms with Gasteiger partial charge in [-0.05, 0) is 23.3 Å². The van der Waals surface area contributed by atoms with Gasteiger partial charge in [-0.25, -0.2) is 23.1 Å². The molecule has 0 radical (unpaired) electrons. The zero-order valence-corrected chi connectivity index (χ0v) is 15.9. The van der Waals surface area contributed by atoms with E-state index in [1.807, 2.05) is 6.07 Å². The standard InChI is InChI=1S/C17H19N3O5S2/c18-27(24,25)14-8-6-13(7-9-14)11-20(26)17(23)19-15(16(21)22)10-12-4-2-1-3-5-12/h1-9,15,26H,10-11H2,(H,19,23)(H,21,22)(H2,18,24,25). The molecule has 8 nitrogen and oxygen atoms in total. The number of amides is 2. The molecule has 0 saturated carbocycles. The third-order valence-corrected chi connectivity index (χ3v) is 4.95. The number of aliphatic carboxylic acids is 1. The second-order valence-electron chi connectivity index (χ2n) is 5.78. The quantitative estimate of drug-likeness (QED) is 0.514. The minimum absolute atomic E-state index is 0.0392. The summed E-state index contributed by atoms with van der Waals surface area (Å²) in [5, 5.41) is 16.8. The minimum atomic E-state index is -3.80. The highest BCUT2D eigenvalue weighted by atomic mass is 32.2. The SMILES string of the molecule is NS(=O)(=O)c1ccc(CN(S)C(=O)NC(Cc2ccccc2)C(=O)O)cc1. The monoisotopic (exact) mass is 409 g/mol. The Kier molecular flexibility index (Phi) is 6.83. The molecule has 0 fully saturated rings. The topological polar surface area (TPSA) is 130 Å². The molecule has 0 aromatic heterocycles. The average Bonchev–Trinajstić information content (AvgIpc) is 2.61. The molecule has 2 rings (SSSR count). The number of nitrogens with one attached hydrogen (secondary N) is 1. The minimum Gasteiger partial charge on any atom is -0.480 e. The van der Waals surface area contributed by atoms with Crippen molar-refractivity contribution >= 4 is 34.8 Å². The molecule has 0 bridgehead atoms. The highest BCUT2D eigenvalue weighted by molar-refractivity contribution is 7.89. The molecule has 0 heterocycles. The van der Waals surface area contributed by atoms with Crippen molar-refractivity contribution in [2.24, 2.45) is 5.14 Å². The summed E-state index contributed by atoms with van der Waals surface area (Å²) in [4.78, 5) is 23.6. The van der Waals surface area contributed by atoms with Crippen molar-refractivity contribution < 1.29 is 23.1 Å². The Balaban J connectivity index is 1.99. The van der Waals surface area contributed by atoms with Crippen LogP contribution in [0.1, 0.15) is 11.1 Å². The smallest absolute Gasteiger partial charge is 0.328 e. The fraction of sp³-hybridized carbons (Fsp3) is 0.176. The molecule has 0 saturated heterocycles. The summed E-state index contributed by atoms with van der Waals surface area (Å²) in [6.45, 7) is 0.0392. The zero-order valence-electron chi connectivity index (χ0n) is 14.1. The molecule has 0 aliphatic heterocycles. The van der Waals surface area contributed by atoms with Gasteiger partial charge in [-0.15, -0.1) is 0 Å². The highest BCUT2D eigenvalue weighted by Gasteiger charge is 2.22. The Bertz CT molecular complexity index is 902. The number of benzene rings is 2. The first-order chi connectivity index (χ1) is 12.7. The number of rotatable bonds is 7. The van der Waals surface area contributed by atoms with Crippen molar-refractivity contribution in [1.29, 1.82) is 0 Å². The van der Waals surface area contributed by atoms with E-state index < -0.39 is 28.1 Å². The van der Waals surface area contributed by atoms with Gasteiger partial charge in [0.1, 0.15) is 6.04 Å². The lowest BCUT2D eigenvalue weighted by atomic mass is 10.1. The third kappa shape index (κ3) is 6.27. The summed E-state index contributed by atoms with van der Waals surface area (Å²) in [7, 11) is -3.80. The first kappa shape index (κ1) is 20.7. The predicted molar refractivity (Wildman–Crippen MR) is 102 cm³/mol. The number of hydrogen-bond donors (Lipinski definition) is 4. The normalized spacial score (nSPS) is 12.2. The van der Waals surface area contributed by atoms with Gasteiger partial charge in [0, 0.05) is 6.42 Å². The summed E-state index contributed by atoms with van der Waals surface area (Å²) in [6.07, 6.45) is 0.132. The van der Waals surface area contributed by atoms with Crippen LogP contribution < -0.4 is 10.5 Å². The number of sulfonamides is 1. The third-order valence-electron chi connectivity index (χ3n) is 3.70. The number of nitrogens with two attached hydrogens (primary N) is 1. The largest absolute Gasteiger partial charge is 0.480 e. The number of carboxylic acid groups (broad SMARTS) is 1. The fourth-order valence-electron chi connectivity index (χ4n) is 2.30. The summed E-state index contributed by atoms with van der Waals surface area (Å²) >= 11 is 4.07. The van der Waals surface area contributed by atoms with E-state index >= 15 is 0 Å². The Morgan fingerprint density at radius 2 is 1.67 bits per heavy atom. The van der Waals surface area contributed by atoms with E-state index in [9.17, 15) is 23.1 Å². The molecule has 2 aromatic rings. The molecule has 0 aliphatic carbocycles. The summed E-state index contributed by atoms with van der Waals surface area (Å²) in [6, 6.07) is 12.8. The lowest BCUT2D eigenvalue weighted by molar-refractivity contribution is -0.139. The van der Waals surface area contributed by atoms with E-state index in [0.29, 0.717) is 5.56 Å². The number of urea groups is 1. The van der Waals surface area contributed by atoms with E-state index in [2.05, 4.69) is 18.1 Å². The molecule has 2 amide bonds. The van der Waals surface area contributed by atoms with Crippen molar-refractivity contribution in [2.45, 2.75) is 23.9 Å². The van der Waals surface area contributed by atoms with E-state index in [4.69, 9.17) is 5.14 Å². The molecule has 0 spiro atoms. The Hall–Kier alpha value is -2.56. The second kappa shape index (κ2) is 8.89. The molecule has 2 aromatic carbocycles. The first-order valence-electron chi connectivity index (χ1n) is 7.82. The van der Waals surface area contributed by atoms with Gasteiger partial charge in [0.15, 0.2) is 0 Å². The molecular weight excluding hydrogens is 390 g/mol. The second-order valence-corrected chi connectivity index (χ2v) is 7.82. The van der Waals surface area contributed by atoms with Crippen molar-refractivity contribution in [2.75, 3.05) is 0 Å². The van der Waals surface area contributed by atoms with Crippen molar-refractivity contribution in [3.63, 3.8) is 0 Å². The van der Waals surface area contributed by atoms with Crippen LogP contribution in [0.5, 0.6) is 0 Å². The molecule has 144 valence electrons. The van der Waals surface area contributed by atoms with Gasteiger partial charge in [-0.3, -0.25) is 4.31 Å². The van der Waals surface area contributed by atoms with Gasteiger partial charge < -0.3 is 10.4 Å². The fourth-order valence-corrected chi connectivity index (χ4v) is 3.04. The van der Waals surface area contributed by atoms with Gasteiger partial charge >= 0.3 is 12.0 Å². The lowest BCUT2D eigenvalue weighted by Crippen LogP contribution is -2.46. The predicted octanol–water partition coefficient (Wildman–Crippen LogP) is 1.39. The maximum atomic E-state index is 12.2. The van der Waals surface area contributed by atoms with Gasteiger partial charge in [0.25, 0.3) is 0 Å². The van der Waals surface area contributed by atoms with Crippen LogP contribution in [-0.2, 0) is 27.8 Å². The molecule has 1 unspecified atom stereocenters. The van der Waals surface area contributed by atoms with E-state index in [1.54, 1.807) is 24.3 Å². The van der Waals surface area contributed by atoms with Gasteiger partial charge in [0.2, 0.25) is 10.0 Å². The van der Waals surface area contributed by atoms with Crippen LogP contribution in [0, 0.1) is 0 Å². The zero-order chi connectivity index (χ0) is 20.0. The number of carbonyl (C=O) groups is 2. The van der Waals surface area contributed by atoms with Gasteiger partial charge in [-0.2, -0.15) is 0 Å². The number of hydrogen-bond acceptors (Lipinski definition) is 5. The lowest BCUT2D eigenvalue weighted by Gasteiger charge is -2.20. The summed E-state index contributed by atoms with van der Waals surface area (Å²) in [5.41, 5.74) is 1.37. The van der Waals surface area contributed by atoms with Crippen LogP contribution in [0.2, 0.25) is 0 Å². The maximum Gasteiger partial charge on any atom is 0.328 e. The first-order valence-corrected chi connectivity index (χ1v) is 9.77. The number of thiol groups is 1. The number of carbonyl (C=O) groups excluding carboxylic acids is 1.